The van der Waals surface area contributed by atoms with Crippen LogP contribution >= 0.6 is 0 Å². The third kappa shape index (κ3) is 4.83. The lowest BCUT2D eigenvalue weighted by Gasteiger charge is -2.28. The molecule has 214 valence electrons. The first-order chi connectivity index (χ1) is 20.0. The van der Waals surface area contributed by atoms with Gasteiger partial charge in [-0.25, -0.2) is 4.79 Å². The van der Waals surface area contributed by atoms with Crippen LogP contribution in [-0.2, 0) is 20.6 Å². The number of nitro groups is 2. The van der Waals surface area contributed by atoms with Crippen molar-refractivity contribution in [3.63, 3.8) is 0 Å². The number of fused-ring (bicyclic) bond motifs is 1. The lowest BCUT2D eigenvalue weighted by atomic mass is 9.97. The molecular weight excluding hydrogens is 572 g/mol. The van der Waals surface area contributed by atoms with E-state index >= 15 is 0 Å². The van der Waals surface area contributed by atoms with Crippen molar-refractivity contribution >= 4 is 27.5 Å². The van der Waals surface area contributed by atoms with Crippen molar-refractivity contribution in [1.29, 1.82) is 0 Å². The van der Waals surface area contributed by atoms with Gasteiger partial charge in [0.2, 0.25) is 5.75 Å². The lowest BCUT2D eigenvalue weighted by molar-refractivity contribution is -0.400. The number of esters is 1. The normalized spacial score (nSPS) is 13.3. The molecule has 0 unspecified atom stereocenters. The second-order valence-corrected chi connectivity index (χ2v) is 10.5. The van der Waals surface area contributed by atoms with Gasteiger partial charge in [0, 0.05) is 29.3 Å². The van der Waals surface area contributed by atoms with Crippen molar-refractivity contribution < 1.29 is 41.5 Å². The minimum absolute atomic E-state index is 0.0770. The zero-order chi connectivity index (χ0) is 30.2. The Morgan fingerprint density at radius 3 is 1.83 bits per heavy atom. The van der Waals surface area contributed by atoms with E-state index in [-0.39, 0.29) is 22.6 Å². The molecule has 0 amide bonds. The van der Waals surface area contributed by atoms with Crippen LogP contribution in [0.15, 0.2) is 89.8 Å². The fraction of sp³-hybridized carbons (Fsp3) is 0.107. The Morgan fingerprint density at radius 2 is 1.36 bits per heavy atom. The fourth-order valence-electron chi connectivity index (χ4n) is 4.51. The second-order valence-electron chi connectivity index (χ2n) is 9.03. The smallest absolute Gasteiger partial charge is 0.353 e. The number of hydrogen-bond acceptors (Lipinski definition) is 11. The van der Waals surface area contributed by atoms with Crippen LogP contribution in [0.4, 0.5) is 11.4 Å². The Labute approximate surface area is 238 Å². The molecule has 0 radical (unpaired) electrons. The number of aryl methyl sites for hydroxylation is 1. The second kappa shape index (κ2) is 10.5. The molecule has 0 N–H and O–H groups in total. The van der Waals surface area contributed by atoms with Gasteiger partial charge in [-0.1, -0.05) is 60.7 Å². The first-order valence-electron chi connectivity index (χ1n) is 12.1. The molecule has 4 aromatic carbocycles. The van der Waals surface area contributed by atoms with Crippen LogP contribution in [0.25, 0.3) is 0 Å². The summed E-state index contributed by atoms with van der Waals surface area (Å²) in [5.74, 6) is -3.60. The molecule has 13 nitrogen and oxygen atoms in total. The summed E-state index contributed by atoms with van der Waals surface area (Å²) in [6.45, 7) is 1.34. The van der Waals surface area contributed by atoms with E-state index in [2.05, 4.69) is 0 Å². The molecule has 1 aliphatic heterocycles. The number of rotatable bonds is 8. The molecule has 0 aliphatic carbocycles. The van der Waals surface area contributed by atoms with E-state index < -0.39 is 53.7 Å². The molecule has 42 heavy (non-hydrogen) atoms. The van der Waals surface area contributed by atoms with Gasteiger partial charge in [0.25, 0.3) is 16.3 Å². The lowest BCUT2D eigenvalue weighted by Crippen LogP contribution is -2.36. The van der Waals surface area contributed by atoms with Crippen molar-refractivity contribution in [2.24, 2.45) is 0 Å². The van der Waals surface area contributed by atoms with Crippen LogP contribution in [-0.4, -0.2) is 31.3 Å². The monoisotopic (exact) mass is 592 g/mol. The van der Waals surface area contributed by atoms with Crippen LogP contribution in [0.2, 0.25) is 0 Å². The van der Waals surface area contributed by atoms with E-state index in [1.165, 1.54) is 13.0 Å². The minimum Gasteiger partial charge on any atom is -0.465 e. The summed E-state index contributed by atoms with van der Waals surface area (Å²) in [4.78, 5) is 32.7. The van der Waals surface area contributed by atoms with Crippen LogP contribution < -0.4 is 13.7 Å². The van der Waals surface area contributed by atoms with Gasteiger partial charge in [-0.3, -0.25) is 20.2 Å². The predicted octanol–water partition coefficient (Wildman–Crippen LogP) is 5.04. The summed E-state index contributed by atoms with van der Waals surface area (Å²) in [7, 11) is -4.19. The Balaban J connectivity index is 1.72. The number of carbonyl (C=O) groups excluding carboxylic acids is 1. The molecule has 5 rings (SSSR count). The summed E-state index contributed by atoms with van der Waals surface area (Å²) in [6, 6.07) is 21.2. The number of nitrogens with zero attached hydrogens (tertiary/aromatic N) is 2. The van der Waals surface area contributed by atoms with Crippen molar-refractivity contribution in [3.05, 3.63) is 127 Å². The van der Waals surface area contributed by atoms with Crippen molar-refractivity contribution in [1.82, 2.24) is 0 Å². The molecule has 0 bridgehead atoms. The molecule has 1 heterocycles. The minimum atomic E-state index is -5.29. The number of benzene rings is 4. The first kappa shape index (κ1) is 28.0. The third-order valence-corrected chi connectivity index (χ3v) is 7.60. The van der Waals surface area contributed by atoms with Crippen molar-refractivity contribution in [2.75, 3.05) is 7.11 Å². The van der Waals surface area contributed by atoms with Gasteiger partial charge in [0.1, 0.15) is 0 Å². The highest BCUT2D eigenvalue weighted by Gasteiger charge is 2.48. The zero-order valence-electron chi connectivity index (χ0n) is 21.9. The Bertz CT molecular complexity index is 1770. The van der Waals surface area contributed by atoms with E-state index in [1.54, 1.807) is 60.7 Å². The van der Waals surface area contributed by atoms with Crippen LogP contribution in [0, 0.1) is 27.2 Å². The fourth-order valence-corrected chi connectivity index (χ4v) is 5.73. The van der Waals surface area contributed by atoms with Crippen LogP contribution in [0.1, 0.15) is 27.0 Å². The number of methoxy groups -OCH3 is 1. The zero-order valence-corrected chi connectivity index (χ0v) is 22.7. The van der Waals surface area contributed by atoms with Gasteiger partial charge in [-0.15, -0.1) is 0 Å². The topological polar surface area (TPSA) is 174 Å². The Kier molecular flexibility index (Phi) is 7.00. The predicted molar refractivity (Wildman–Crippen MR) is 145 cm³/mol. The van der Waals surface area contributed by atoms with E-state index in [4.69, 9.17) is 18.4 Å². The van der Waals surface area contributed by atoms with Crippen LogP contribution in [0.5, 0.6) is 17.2 Å². The summed E-state index contributed by atoms with van der Waals surface area (Å²) < 4.78 is 49.8. The maximum absolute atomic E-state index is 13.6. The quantitative estimate of drug-likeness (QED) is 0.116. The van der Waals surface area contributed by atoms with Gasteiger partial charge >= 0.3 is 21.9 Å². The molecule has 0 atom stereocenters. The van der Waals surface area contributed by atoms with Crippen molar-refractivity contribution in [3.8, 4) is 17.2 Å². The molecule has 0 saturated heterocycles. The average Bonchev–Trinajstić information content (AvgIpc) is 3.38. The molecule has 0 saturated carbocycles. The maximum Gasteiger partial charge on any atom is 0.353 e. The highest BCUT2D eigenvalue weighted by molar-refractivity contribution is 7.87. The summed E-state index contributed by atoms with van der Waals surface area (Å²) in [5, 5.41) is 23.5. The molecule has 1 aliphatic rings. The highest BCUT2D eigenvalue weighted by atomic mass is 32.2. The number of hydrogen-bond donors (Lipinski definition) is 0. The first-order valence-corrected chi connectivity index (χ1v) is 13.5. The molecule has 14 heteroatoms. The van der Waals surface area contributed by atoms with Gasteiger partial charge in [0.05, 0.1) is 22.5 Å². The van der Waals surface area contributed by atoms with Crippen molar-refractivity contribution in [2.45, 2.75) is 17.6 Å². The molecule has 0 aromatic heterocycles. The van der Waals surface area contributed by atoms with E-state index in [1.807, 2.05) is 0 Å². The molecule has 4 aromatic rings. The molecular formula is C28H20N2O11S. The van der Waals surface area contributed by atoms with E-state index in [9.17, 15) is 33.4 Å². The highest BCUT2D eigenvalue weighted by Crippen LogP contribution is 2.53. The van der Waals surface area contributed by atoms with Gasteiger partial charge in [-0.05, 0) is 18.6 Å². The standard InChI is InChI=1S/C28H20N2O11S/c1-17-13-21(29(32)33)26(22(14-17)30(34)35)42(36,37)41-24-16-18(27(31)38-2)15-23-25(24)40-28(39-23,19-9-5-3-6-10-19)20-11-7-4-8-12-20/h3-16H,1-2H3. The Hall–Kier alpha value is -5.50. The largest absolute Gasteiger partial charge is 0.465 e. The van der Waals surface area contributed by atoms with Gasteiger partial charge < -0.3 is 18.4 Å². The van der Waals surface area contributed by atoms with E-state index in [0.29, 0.717) is 11.1 Å². The van der Waals surface area contributed by atoms with Gasteiger partial charge in [-0.2, -0.15) is 8.42 Å². The number of ether oxygens (including phenoxy) is 3. The van der Waals surface area contributed by atoms with Gasteiger partial charge in [0.15, 0.2) is 11.5 Å². The maximum atomic E-state index is 13.6. The molecule has 0 spiro atoms. The molecule has 0 fully saturated rings. The summed E-state index contributed by atoms with van der Waals surface area (Å²) >= 11 is 0. The van der Waals surface area contributed by atoms with E-state index in [0.717, 1.165) is 25.3 Å². The number of carbonyl (C=O) groups is 1. The summed E-state index contributed by atoms with van der Waals surface area (Å²) in [5.41, 5.74) is -1.29. The Morgan fingerprint density at radius 1 is 0.833 bits per heavy atom. The third-order valence-electron chi connectivity index (χ3n) is 6.29. The van der Waals surface area contributed by atoms with Crippen LogP contribution in [0.3, 0.4) is 0 Å². The number of nitro benzene ring substituents is 2. The average molecular weight is 593 g/mol. The summed E-state index contributed by atoms with van der Waals surface area (Å²) in [6.07, 6.45) is 0. The SMILES string of the molecule is COC(=O)c1cc2c(c(OS(=O)(=O)c3c([N+](=O)[O-])cc(C)cc3[N+](=O)[O-])c1)OC(c1ccccc1)(c1ccccc1)O2.